The number of hydrogen-bond acceptors (Lipinski definition) is 4. The highest BCUT2D eigenvalue weighted by atomic mass is 32.1. The number of nitrogens with zero attached hydrogens (tertiary/aromatic N) is 1. The molecule has 7 heteroatoms. The van der Waals surface area contributed by atoms with Crippen LogP contribution in [0.25, 0.3) is 0 Å². The maximum atomic E-state index is 12.1. The number of rotatable bonds is 4. The van der Waals surface area contributed by atoms with Crippen LogP contribution >= 0.6 is 11.3 Å². The number of nitrogens with one attached hydrogen (secondary N) is 3. The molecule has 2 aromatic rings. The van der Waals surface area contributed by atoms with Crippen molar-refractivity contribution < 1.29 is 9.59 Å². The van der Waals surface area contributed by atoms with Gasteiger partial charge in [-0.15, -0.1) is 11.3 Å². The molecule has 0 spiro atoms. The van der Waals surface area contributed by atoms with E-state index in [2.05, 4.69) is 20.9 Å². The van der Waals surface area contributed by atoms with E-state index in [1.807, 2.05) is 31.2 Å². The third kappa shape index (κ3) is 4.32. The van der Waals surface area contributed by atoms with Gasteiger partial charge in [-0.25, -0.2) is 9.78 Å². The Kier molecular flexibility index (Phi) is 5.10. The Morgan fingerprint density at radius 3 is 2.75 bits per heavy atom. The summed E-state index contributed by atoms with van der Waals surface area (Å²) in [5.41, 5.74) is 2.12. The molecule has 1 fully saturated rings. The number of carbonyl (C=O) groups is 2. The molecule has 1 aliphatic carbocycles. The molecule has 6 nitrogen and oxygen atoms in total. The maximum absolute atomic E-state index is 12.1. The molecule has 0 atom stereocenters. The van der Waals surface area contributed by atoms with Crippen LogP contribution in [0.15, 0.2) is 29.6 Å². The molecule has 3 amide bonds. The van der Waals surface area contributed by atoms with Gasteiger partial charge >= 0.3 is 6.03 Å². The lowest BCUT2D eigenvalue weighted by Gasteiger charge is -2.10. The van der Waals surface area contributed by atoms with Gasteiger partial charge in [0.05, 0.1) is 0 Å². The average molecular weight is 344 g/mol. The van der Waals surface area contributed by atoms with Crippen LogP contribution in [0.5, 0.6) is 0 Å². The fourth-order valence-corrected chi connectivity index (χ4v) is 3.43. The summed E-state index contributed by atoms with van der Waals surface area (Å²) in [6, 6.07) is 7.40. The third-order valence-electron chi connectivity index (χ3n) is 3.92. The fourth-order valence-electron chi connectivity index (χ4n) is 2.75. The summed E-state index contributed by atoms with van der Waals surface area (Å²) < 4.78 is 0. The smallest absolute Gasteiger partial charge is 0.325 e. The Morgan fingerprint density at radius 1 is 1.21 bits per heavy atom. The first-order chi connectivity index (χ1) is 11.6. The molecule has 0 radical (unpaired) electrons. The number of hydrogen-bond donors (Lipinski definition) is 3. The molecule has 126 valence electrons. The van der Waals surface area contributed by atoms with E-state index in [1.54, 1.807) is 5.38 Å². The first-order valence-electron chi connectivity index (χ1n) is 8.01. The van der Waals surface area contributed by atoms with Crippen molar-refractivity contribution in [2.24, 2.45) is 0 Å². The van der Waals surface area contributed by atoms with E-state index in [4.69, 9.17) is 0 Å². The second-order valence-electron chi connectivity index (χ2n) is 5.94. The second-order valence-corrected chi connectivity index (χ2v) is 6.80. The monoisotopic (exact) mass is 344 g/mol. The van der Waals surface area contributed by atoms with Crippen molar-refractivity contribution in [1.29, 1.82) is 0 Å². The zero-order valence-electron chi connectivity index (χ0n) is 13.5. The Morgan fingerprint density at radius 2 is 2.00 bits per heavy atom. The molecule has 1 saturated carbocycles. The lowest BCUT2D eigenvalue weighted by atomic mass is 10.2. The van der Waals surface area contributed by atoms with Gasteiger partial charge in [-0.1, -0.05) is 25.0 Å². The summed E-state index contributed by atoms with van der Waals surface area (Å²) in [6.07, 6.45) is 4.38. The van der Waals surface area contributed by atoms with Crippen LogP contribution in [0.4, 0.5) is 15.6 Å². The van der Waals surface area contributed by atoms with Crippen molar-refractivity contribution in [1.82, 2.24) is 10.3 Å². The summed E-state index contributed by atoms with van der Waals surface area (Å²) in [6.45, 7) is 1.96. The molecule has 1 heterocycles. The van der Waals surface area contributed by atoms with Crippen LogP contribution in [0.1, 0.15) is 41.7 Å². The van der Waals surface area contributed by atoms with Gasteiger partial charge in [0.15, 0.2) is 5.13 Å². The molecule has 3 rings (SSSR count). The number of aromatic nitrogens is 1. The van der Waals surface area contributed by atoms with Gasteiger partial charge in [-0.05, 0) is 37.5 Å². The van der Waals surface area contributed by atoms with Gasteiger partial charge in [0.25, 0.3) is 5.91 Å². The number of urea groups is 1. The molecule has 0 saturated heterocycles. The molecular weight excluding hydrogens is 324 g/mol. The zero-order chi connectivity index (χ0) is 16.9. The average Bonchev–Trinajstić information content (AvgIpc) is 3.19. The van der Waals surface area contributed by atoms with Crippen LogP contribution in [0.3, 0.4) is 0 Å². The van der Waals surface area contributed by atoms with Gasteiger partial charge in [0, 0.05) is 17.1 Å². The molecule has 0 unspecified atom stereocenters. The van der Waals surface area contributed by atoms with Crippen molar-refractivity contribution in [3.05, 3.63) is 40.9 Å². The first kappa shape index (κ1) is 16.4. The number of anilines is 2. The molecule has 1 aromatic carbocycles. The van der Waals surface area contributed by atoms with Gasteiger partial charge in [-0.3, -0.25) is 10.1 Å². The van der Waals surface area contributed by atoms with E-state index in [-0.39, 0.29) is 18.0 Å². The quantitative estimate of drug-likeness (QED) is 0.789. The molecule has 0 bridgehead atoms. The highest BCUT2D eigenvalue weighted by Crippen LogP contribution is 2.20. The van der Waals surface area contributed by atoms with Crippen LogP contribution < -0.4 is 16.0 Å². The summed E-state index contributed by atoms with van der Waals surface area (Å²) in [5.74, 6) is -0.176. The van der Waals surface area contributed by atoms with Crippen LogP contribution in [-0.4, -0.2) is 23.0 Å². The Hall–Kier alpha value is -2.41. The predicted octanol–water partition coefficient (Wildman–Crippen LogP) is 3.77. The minimum absolute atomic E-state index is 0.176. The molecule has 0 aliphatic heterocycles. The van der Waals surface area contributed by atoms with Crippen molar-refractivity contribution in [2.45, 2.75) is 38.6 Å². The summed E-state index contributed by atoms with van der Waals surface area (Å²) >= 11 is 1.23. The number of carbonyl (C=O) groups excluding carboxylic acids is 2. The van der Waals surface area contributed by atoms with Gasteiger partial charge in [0.2, 0.25) is 0 Å². The zero-order valence-corrected chi connectivity index (χ0v) is 14.3. The number of benzene rings is 1. The lowest BCUT2D eigenvalue weighted by molar-refractivity contribution is 0.0933. The van der Waals surface area contributed by atoms with Crippen molar-refractivity contribution in [3.8, 4) is 0 Å². The summed E-state index contributed by atoms with van der Waals surface area (Å²) in [4.78, 5) is 28.3. The number of aryl methyl sites for hydroxylation is 1. The molecule has 1 aromatic heterocycles. The SMILES string of the molecule is Cc1cccc(NC(=O)Nc2nc(C(=O)NC3CCCC3)cs2)c1. The van der Waals surface area contributed by atoms with E-state index in [0.29, 0.717) is 16.5 Å². The summed E-state index contributed by atoms with van der Waals surface area (Å²) in [5, 5.41) is 10.4. The van der Waals surface area contributed by atoms with Crippen molar-refractivity contribution in [2.75, 3.05) is 10.6 Å². The van der Waals surface area contributed by atoms with Crippen LogP contribution in [-0.2, 0) is 0 Å². The Balaban J connectivity index is 1.55. The second kappa shape index (κ2) is 7.44. The van der Waals surface area contributed by atoms with Crippen LogP contribution in [0.2, 0.25) is 0 Å². The number of thiazole rings is 1. The van der Waals surface area contributed by atoms with Crippen molar-refractivity contribution >= 4 is 34.1 Å². The molecule has 24 heavy (non-hydrogen) atoms. The standard InChI is InChI=1S/C17H20N4O2S/c1-11-5-4-8-13(9-11)19-16(23)21-17-20-14(10-24-17)15(22)18-12-6-2-3-7-12/h4-5,8-10,12H,2-3,6-7H2,1H3,(H,18,22)(H2,19,20,21,23). The maximum Gasteiger partial charge on any atom is 0.325 e. The molecule has 1 aliphatic rings. The van der Waals surface area contributed by atoms with E-state index >= 15 is 0 Å². The van der Waals surface area contributed by atoms with Gasteiger partial charge < -0.3 is 10.6 Å². The van der Waals surface area contributed by atoms with E-state index in [0.717, 1.165) is 31.2 Å². The minimum atomic E-state index is -0.377. The highest BCUT2D eigenvalue weighted by molar-refractivity contribution is 7.14. The normalized spacial score (nSPS) is 14.4. The molecular formula is C17H20N4O2S. The van der Waals surface area contributed by atoms with Gasteiger partial charge in [0.1, 0.15) is 5.69 Å². The van der Waals surface area contributed by atoms with Crippen LogP contribution in [0, 0.1) is 6.92 Å². The minimum Gasteiger partial charge on any atom is -0.348 e. The predicted molar refractivity (Wildman–Crippen MR) is 95.7 cm³/mol. The van der Waals surface area contributed by atoms with Crippen molar-refractivity contribution in [3.63, 3.8) is 0 Å². The lowest BCUT2D eigenvalue weighted by Crippen LogP contribution is -2.32. The fraction of sp³-hybridized carbons (Fsp3) is 0.353. The first-order valence-corrected chi connectivity index (χ1v) is 8.89. The largest absolute Gasteiger partial charge is 0.348 e. The summed E-state index contributed by atoms with van der Waals surface area (Å²) in [7, 11) is 0. The Labute approximate surface area is 144 Å². The molecule has 3 N–H and O–H groups in total. The van der Waals surface area contributed by atoms with E-state index < -0.39 is 0 Å². The van der Waals surface area contributed by atoms with E-state index in [9.17, 15) is 9.59 Å². The van der Waals surface area contributed by atoms with Gasteiger partial charge in [-0.2, -0.15) is 0 Å². The Bertz CT molecular complexity index is 738. The van der Waals surface area contributed by atoms with E-state index in [1.165, 1.54) is 11.3 Å². The number of amides is 3. The topological polar surface area (TPSA) is 83.1 Å². The third-order valence-corrected chi connectivity index (χ3v) is 4.68. The highest BCUT2D eigenvalue weighted by Gasteiger charge is 2.19.